The molecule has 7 nitrogen and oxygen atoms in total. The molecule has 18 rings (SSSR count). The molecule has 7 fully saturated rings. The predicted molar refractivity (Wildman–Crippen MR) is 428 cm³/mol. The zero-order chi connectivity index (χ0) is 73.6. The number of carbonyl (C=O) groups is 1. The maximum Gasteiger partial charge on any atom is 0.166 e. The number of Topliss-reactive ketones (excluding diaryl/α,β-unsaturated/α-hetero) is 1. The van der Waals surface area contributed by atoms with Gasteiger partial charge in [0.15, 0.2) is 36.3 Å². The van der Waals surface area contributed by atoms with Crippen LogP contribution in [0.4, 0.5) is 8.78 Å². The number of ketones is 1. The van der Waals surface area contributed by atoms with Crippen molar-refractivity contribution in [1.29, 1.82) is 0 Å². The van der Waals surface area contributed by atoms with Crippen molar-refractivity contribution in [1.82, 2.24) is 0 Å². The van der Waals surface area contributed by atoms with Gasteiger partial charge in [-0.05, 0) is 172 Å². The first-order chi connectivity index (χ1) is 52.3. The predicted octanol–water partition coefficient (Wildman–Crippen LogP) is 15.2. The third-order valence-electron chi connectivity index (χ3n) is 21.1. The molecule has 0 aromatic heterocycles. The fourth-order valence-corrected chi connectivity index (χ4v) is 27.8. The Balaban J connectivity index is 0.000000122. The van der Waals surface area contributed by atoms with Crippen LogP contribution in [-0.4, -0.2) is 86.9 Å². The van der Waals surface area contributed by atoms with Crippen molar-refractivity contribution in [3.63, 3.8) is 0 Å². The molecule has 562 valence electrons. The maximum absolute atomic E-state index is 13.2. The van der Waals surface area contributed by atoms with Gasteiger partial charge in [-0.15, -0.1) is 0 Å². The number of halogens is 4. The van der Waals surface area contributed by atoms with Crippen molar-refractivity contribution in [2.24, 2.45) is 34.5 Å². The summed E-state index contributed by atoms with van der Waals surface area (Å²) in [5.41, 5.74) is 1.26. The molecular formula is C93H103F2I2O7S3+. The van der Waals surface area contributed by atoms with E-state index in [-0.39, 0.29) is 92.3 Å². The van der Waals surface area contributed by atoms with Crippen LogP contribution in [0.1, 0.15) is 108 Å². The molecule has 0 radical (unpaired) electrons. The molecule has 0 N–H and O–H groups in total. The van der Waals surface area contributed by atoms with Crippen LogP contribution < -0.4 is 61.4 Å². The molecule has 5 saturated carbocycles. The Morgan fingerprint density at radius 3 is 1.51 bits per heavy atom. The number of rotatable bonds is 18. The van der Waals surface area contributed by atoms with Gasteiger partial charge in [0, 0.05) is 43.5 Å². The summed E-state index contributed by atoms with van der Waals surface area (Å²) in [5.74, 6) is 11.4. The minimum absolute atomic E-state index is 0.0222. The molecule has 4 bridgehead atoms. The van der Waals surface area contributed by atoms with Gasteiger partial charge in [0.1, 0.15) is 47.7 Å². The van der Waals surface area contributed by atoms with E-state index in [0.717, 1.165) is 116 Å². The molecule has 10 aromatic rings. The number of hydrogen-bond acceptors (Lipinski definition) is 7. The van der Waals surface area contributed by atoms with Gasteiger partial charge in [0.05, 0.1) is 50.5 Å². The second-order valence-corrected chi connectivity index (χ2v) is 42.7. The molecule has 0 amide bonds. The second-order valence-electron chi connectivity index (χ2n) is 30.0. The van der Waals surface area contributed by atoms with Crippen LogP contribution in [0, 0.1) is 60.4 Å². The zero-order valence-electron chi connectivity index (χ0n) is 62.1. The van der Waals surface area contributed by atoms with Crippen molar-refractivity contribution < 1.29 is 84.4 Å². The van der Waals surface area contributed by atoms with Gasteiger partial charge in [-0.1, -0.05) is 94.6 Å². The molecule has 10 aromatic carbocycles. The third kappa shape index (κ3) is 22.7. The quantitative estimate of drug-likeness (QED) is 0.0481. The molecule has 8 aliphatic rings. The Labute approximate surface area is 664 Å². The average Bonchev–Trinajstić information content (AvgIpc) is 0.758. The maximum atomic E-state index is 13.2. The Hall–Kier alpha value is -6.38. The largest absolute Gasteiger partial charge is 0.494 e. The van der Waals surface area contributed by atoms with Crippen LogP contribution in [0.15, 0.2) is 268 Å². The minimum Gasteiger partial charge on any atom is -0.494 e. The average molecular weight is 1720 g/mol. The molecule has 3 aliphatic heterocycles. The summed E-state index contributed by atoms with van der Waals surface area (Å²) in [6.45, 7) is 12.7. The van der Waals surface area contributed by atoms with Crippen LogP contribution >= 0.6 is 0 Å². The van der Waals surface area contributed by atoms with E-state index in [1.54, 1.807) is 24.3 Å². The molecule has 107 heavy (non-hydrogen) atoms. The Kier molecular flexibility index (Phi) is 29.1. The molecule has 1 unspecified atom stereocenters. The first kappa shape index (κ1) is 78.7. The molecule has 2 saturated heterocycles. The number of hydrogen-bond donors (Lipinski definition) is 0. The summed E-state index contributed by atoms with van der Waals surface area (Å²) in [6, 6.07) is 83.8. The van der Waals surface area contributed by atoms with Crippen molar-refractivity contribution in [2.45, 2.75) is 123 Å². The van der Waals surface area contributed by atoms with Crippen LogP contribution in [0.25, 0.3) is 10.8 Å². The van der Waals surface area contributed by atoms with Crippen molar-refractivity contribution in [3.05, 3.63) is 280 Å². The fourth-order valence-electron chi connectivity index (χ4n) is 16.5. The van der Waals surface area contributed by atoms with Gasteiger partial charge < -0.3 is 28.4 Å². The first-order valence-electron chi connectivity index (χ1n) is 38.4. The summed E-state index contributed by atoms with van der Waals surface area (Å²) in [4.78, 5) is 18.8. The summed E-state index contributed by atoms with van der Waals surface area (Å²) < 4.78 is 65.3. The number of fused-ring (bicyclic) bond motifs is 2. The van der Waals surface area contributed by atoms with Crippen LogP contribution in [0.5, 0.6) is 23.0 Å². The van der Waals surface area contributed by atoms with Crippen molar-refractivity contribution >= 4 is 49.2 Å². The van der Waals surface area contributed by atoms with Crippen molar-refractivity contribution in [3.8, 4) is 23.0 Å². The minimum atomic E-state index is -0.330. The monoisotopic (exact) mass is 1720 g/mol. The van der Waals surface area contributed by atoms with Crippen LogP contribution in [0.3, 0.4) is 0 Å². The Morgan fingerprint density at radius 2 is 0.981 bits per heavy atom. The molecule has 5 aliphatic carbocycles. The fraction of sp³-hybridized carbons (Fsp3) is 0.366. The van der Waals surface area contributed by atoms with Gasteiger partial charge in [-0.3, -0.25) is 4.79 Å². The van der Waals surface area contributed by atoms with Gasteiger partial charge in [0.2, 0.25) is 5.78 Å². The summed E-state index contributed by atoms with van der Waals surface area (Å²) in [6.07, 6.45) is 17.0. The molecule has 14 heteroatoms. The van der Waals surface area contributed by atoms with E-state index in [2.05, 4.69) is 203 Å². The number of ether oxygens (including phenoxy) is 6. The summed E-state index contributed by atoms with van der Waals surface area (Å²) >= 11 is -0.302. The van der Waals surface area contributed by atoms with E-state index >= 15 is 0 Å². The Bertz CT molecular complexity index is 4190. The van der Waals surface area contributed by atoms with Gasteiger partial charge in [0.25, 0.3) is 0 Å². The van der Waals surface area contributed by atoms with Gasteiger partial charge in [-0.25, -0.2) is 0 Å². The van der Waals surface area contributed by atoms with E-state index in [9.17, 15) is 13.6 Å². The Morgan fingerprint density at radius 1 is 0.505 bits per heavy atom. The molecule has 0 spiro atoms. The van der Waals surface area contributed by atoms with E-state index in [4.69, 9.17) is 28.4 Å². The zero-order valence-corrected chi connectivity index (χ0v) is 68.9. The normalized spacial score (nSPS) is 20.0. The third-order valence-corrected chi connectivity index (χ3v) is 33.9. The molecule has 1 atom stereocenters. The van der Waals surface area contributed by atoms with Gasteiger partial charge in [-0.2, -0.15) is 0 Å². The summed E-state index contributed by atoms with van der Waals surface area (Å²) in [5, 5.41) is 2.68. The molecular weight excluding hydrogens is 1620 g/mol. The first-order valence-corrected chi connectivity index (χ1v) is 47.1. The van der Waals surface area contributed by atoms with Crippen molar-refractivity contribution in [2.75, 3.05) is 75.9 Å². The topological polar surface area (TPSA) is 72.5 Å². The van der Waals surface area contributed by atoms with E-state index < -0.39 is 0 Å². The number of carbonyl (C=O) groups excluding carboxylic acids is 1. The van der Waals surface area contributed by atoms with Crippen LogP contribution in [0.2, 0.25) is 0 Å². The van der Waals surface area contributed by atoms with Gasteiger partial charge >= 0.3 is 186 Å². The van der Waals surface area contributed by atoms with Crippen LogP contribution in [-0.2, 0) is 42.2 Å². The van der Waals surface area contributed by atoms with E-state index in [0.29, 0.717) is 35.3 Å². The number of benzene rings is 10. The molecule has 3 heterocycles. The smallest absolute Gasteiger partial charge is 0.166 e. The standard InChI is InChI=1S/C30H33OS.C21H27O2S.C18H25O4S.C12H8F2I.C12H10I/c1-3-7-27(8-4-1)32(28-9-5-2-6-10-28)29-13-11-26(12-14-29)31-16-15-30-20-23-17-24(21-30)19-25(18-23)22-30;1-2-6-17(7-3-1)16-23-20-10-11-21(24-14-12-22-13-15-24)19-9-5-4-8-18(19)20;1-18(2,3)17(23-10-8-20-9-11-23)16(19)13-4-5-14-15(12-13)22-7-6-21-14;13-9-1-5-11(6-2-9)15-12-7-3-10(14)4-8-12;1-3-7-11(8-4-1)13-12-9-5-2-6-10-12/h1-14,23-25H,15-22H2;4-5,8-11,17H,1-3,6-7,12-16H2;4-5,12,17H,6-11H2,1-3H3;1-8H;1-10H/q3*+1;2*-1. The van der Waals surface area contributed by atoms with E-state index in [1.165, 1.54) is 139 Å². The van der Waals surface area contributed by atoms with E-state index in [1.807, 2.05) is 18.2 Å². The SMILES string of the molecule is CC(C)(C)C(C(=O)c1ccc2c(c1)OCCO2)[S+]1CCOCC1.Fc1ccc([I-]c2ccc(F)cc2)cc1.c1ccc([I-]c2ccccc2)cc1.c1ccc([S+](c2ccccc2)c2ccc(OCCC34CC5CC(CC(C5)C3)C4)cc2)cc1.c1ccc2c([S+]3CCOCC3)ccc(OCC3CCCCC3)c2c1. The second kappa shape index (κ2) is 39.5. The summed E-state index contributed by atoms with van der Waals surface area (Å²) in [7, 11) is 0.298.